The number of amides is 2. The summed E-state index contributed by atoms with van der Waals surface area (Å²) in [4.78, 5) is 28.3. The predicted octanol–water partition coefficient (Wildman–Crippen LogP) is 2.94. The average Bonchev–Trinajstić information content (AvgIpc) is 3.30. The number of aromatic nitrogens is 2. The molecule has 1 aliphatic heterocycles. The second-order valence-corrected chi connectivity index (χ2v) is 7.35. The van der Waals surface area contributed by atoms with Gasteiger partial charge in [0.2, 0.25) is 5.91 Å². The molecule has 1 fully saturated rings. The van der Waals surface area contributed by atoms with E-state index in [0.29, 0.717) is 18.5 Å². The molecule has 0 aliphatic carbocycles. The maximum absolute atomic E-state index is 12.8. The first-order valence-electron chi connectivity index (χ1n) is 9.63. The smallest absolute Gasteiger partial charge is 0.253 e. The van der Waals surface area contributed by atoms with Gasteiger partial charge in [-0.15, -0.1) is 0 Å². The molecule has 1 aliphatic rings. The van der Waals surface area contributed by atoms with Gasteiger partial charge >= 0.3 is 0 Å². The molecule has 4 rings (SSSR count). The number of hydrogen-bond acceptors (Lipinski definition) is 3. The molecule has 3 aromatic rings. The Hall–Kier alpha value is -3.15. The Balaban J connectivity index is 1.46. The normalized spacial score (nSPS) is 16.7. The number of pyridine rings is 1. The number of carbonyl (C=O) groups is 2. The van der Waals surface area contributed by atoms with Crippen LogP contribution in [0.2, 0.25) is 0 Å². The SMILES string of the molecule is CCN1C[C@H](CN(C)C(=O)c2ccc(-c3cnn4ccccc34)cc2)CC1=O. The van der Waals surface area contributed by atoms with Crippen molar-refractivity contribution < 1.29 is 9.59 Å². The summed E-state index contributed by atoms with van der Waals surface area (Å²) in [5.41, 5.74) is 3.75. The standard InChI is InChI=1S/C22H24N4O2/c1-3-25-15-16(12-21(25)27)14-24(2)22(28)18-9-7-17(8-10-18)19-13-23-26-11-5-4-6-20(19)26/h4-11,13,16H,3,12,14-15H2,1-2H3/t16-/m0/s1. The van der Waals surface area contributed by atoms with E-state index in [1.54, 1.807) is 11.9 Å². The first-order valence-corrected chi connectivity index (χ1v) is 9.63. The summed E-state index contributed by atoms with van der Waals surface area (Å²) < 4.78 is 1.84. The van der Waals surface area contributed by atoms with Crippen molar-refractivity contribution in [3.63, 3.8) is 0 Å². The van der Waals surface area contributed by atoms with Gasteiger partial charge in [0.1, 0.15) is 0 Å². The highest BCUT2D eigenvalue weighted by atomic mass is 16.2. The number of rotatable bonds is 5. The molecular formula is C22H24N4O2. The quantitative estimate of drug-likeness (QED) is 0.688. The molecule has 0 N–H and O–H groups in total. The van der Waals surface area contributed by atoms with Crippen LogP contribution < -0.4 is 0 Å². The van der Waals surface area contributed by atoms with Crippen molar-refractivity contribution in [3.05, 3.63) is 60.4 Å². The Bertz CT molecular complexity index is 1010. The molecule has 0 radical (unpaired) electrons. The molecule has 0 saturated carbocycles. The molecule has 2 aromatic heterocycles. The Morgan fingerprint density at radius 3 is 2.71 bits per heavy atom. The van der Waals surface area contributed by atoms with Gasteiger partial charge in [-0.1, -0.05) is 18.2 Å². The summed E-state index contributed by atoms with van der Waals surface area (Å²) in [5.74, 6) is 0.374. The van der Waals surface area contributed by atoms with Gasteiger partial charge in [0, 0.05) is 56.3 Å². The van der Waals surface area contributed by atoms with Crippen molar-refractivity contribution >= 4 is 17.3 Å². The summed E-state index contributed by atoms with van der Waals surface area (Å²) >= 11 is 0. The van der Waals surface area contributed by atoms with E-state index in [9.17, 15) is 9.59 Å². The highest BCUT2D eigenvalue weighted by Crippen LogP contribution is 2.25. The zero-order chi connectivity index (χ0) is 19.7. The molecule has 0 bridgehead atoms. The van der Waals surface area contributed by atoms with E-state index >= 15 is 0 Å². The van der Waals surface area contributed by atoms with Crippen LogP contribution in [0.5, 0.6) is 0 Å². The molecule has 6 heteroatoms. The molecule has 1 atom stereocenters. The summed E-state index contributed by atoms with van der Waals surface area (Å²) in [5, 5.41) is 4.37. The van der Waals surface area contributed by atoms with E-state index in [1.807, 2.05) is 71.2 Å². The average molecular weight is 376 g/mol. The van der Waals surface area contributed by atoms with E-state index < -0.39 is 0 Å². The highest BCUT2D eigenvalue weighted by Gasteiger charge is 2.30. The van der Waals surface area contributed by atoms with Crippen LogP contribution in [0.15, 0.2) is 54.9 Å². The van der Waals surface area contributed by atoms with Crippen LogP contribution in [0.3, 0.4) is 0 Å². The van der Waals surface area contributed by atoms with Crippen molar-refractivity contribution in [1.82, 2.24) is 19.4 Å². The maximum atomic E-state index is 12.8. The number of carbonyl (C=O) groups excluding carboxylic acids is 2. The van der Waals surface area contributed by atoms with Crippen LogP contribution in [0, 0.1) is 5.92 Å². The summed E-state index contributed by atoms with van der Waals surface area (Å²) in [7, 11) is 1.81. The van der Waals surface area contributed by atoms with Gasteiger partial charge in [-0.3, -0.25) is 9.59 Å². The van der Waals surface area contributed by atoms with E-state index in [0.717, 1.165) is 29.7 Å². The lowest BCUT2D eigenvalue weighted by Crippen LogP contribution is -2.33. The zero-order valence-electron chi connectivity index (χ0n) is 16.2. The fraction of sp³-hybridized carbons (Fsp3) is 0.318. The lowest BCUT2D eigenvalue weighted by Gasteiger charge is -2.21. The lowest BCUT2D eigenvalue weighted by molar-refractivity contribution is -0.127. The Morgan fingerprint density at radius 2 is 2.00 bits per heavy atom. The third-order valence-electron chi connectivity index (χ3n) is 5.42. The van der Waals surface area contributed by atoms with Gasteiger partial charge in [0.15, 0.2) is 0 Å². The van der Waals surface area contributed by atoms with Gasteiger partial charge in [-0.05, 0) is 36.8 Å². The second-order valence-electron chi connectivity index (χ2n) is 7.35. The molecule has 3 heterocycles. The minimum Gasteiger partial charge on any atom is -0.343 e. The Morgan fingerprint density at radius 1 is 1.21 bits per heavy atom. The van der Waals surface area contributed by atoms with Crippen molar-refractivity contribution in [2.24, 2.45) is 5.92 Å². The van der Waals surface area contributed by atoms with Gasteiger partial charge in [0.05, 0.1) is 11.7 Å². The van der Waals surface area contributed by atoms with E-state index in [2.05, 4.69) is 5.10 Å². The molecule has 28 heavy (non-hydrogen) atoms. The first kappa shape index (κ1) is 18.2. The number of nitrogens with zero attached hydrogens (tertiary/aromatic N) is 4. The number of hydrogen-bond donors (Lipinski definition) is 0. The molecular weight excluding hydrogens is 352 g/mol. The Labute approximate surface area is 164 Å². The number of fused-ring (bicyclic) bond motifs is 1. The second kappa shape index (κ2) is 7.46. The third kappa shape index (κ3) is 3.38. The van der Waals surface area contributed by atoms with Crippen LogP contribution in [0.1, 0.15) is 23.7 Å². The summed E-state index contributed by atoms with van der Waals surface area (Å²) in [6, 6.07) is 13.6. The molecule has 6 nitrogen and oxygen atoms in total. The summed E-state index contributed by atoms with van der Waals surface area (Å²) in [6.45, 7) is 4.05. The minimum absolute atomic E-state index is 0.0196. The molecule has 1 saturated heterocycles. The molecule has 1 aromatic carbocycles. The topological polar surface area (TPSA) is 57.9 Å². The molecule has 144 valence electrons. The van der Waals surface area contributed by atoms with Crippen LogP contribution >= 0.6 is 0 Å². The molecule has 0 spiro atoms. The summed E-state index contributed by atoms with van der Waals surface area (Å²) in [6.07, 6.45) is 4.28. The predicted molar refractivity (Wildman–Crippen MR) is 108 cm³/mol. The number of benzene rings is 1. The first-order chi connectivity index (χ1) is 13.6. The van der Waals surface area contributed by atoms with Crippen molar-refractivity contribution in [3.8, 4) is 11.1 Å². The van der Waals surface area contributed by atoms with Crippen molar-refractivity contribution in [1.29, 1.82) is 0 Å². The molecule has 2 amide bonds. The van der Waals surface area contributed by atoms with Gasteiger partial charge in [-0.2, -0.15) is 5.10 Å². The van der Waals surface area contributed by atoms with Crippen LogP contribution in [0.25, 0.3) is 16.6 Å². The number of likely N-dealkylation sites (tertiary alicyclic amines) is 1. The van der Waals surface area contributed by atoms with Crippen LogP contribution in [-0.2, 0) is 4.79 Å². The van der Waals surface area contributed by atoms with E-state index in [4.69, 9.17) is 0 Å². The van der Waals surface area contributed by atoms with E-state index in [-0.39, 0.29) is 17.7 Å². The van der Waals surface area contributed by atoms with E-state index in [1.165, 1.54) is 0 Å². The van der Waals surface area contributed by atoms with Gasteiger partial charge in [0.25, 0.3) is 5.91 Å². The monoisotopic (exact) mass is 376 g/mol. The Kier molecular flexibility index (Phi) is 4.86. The van der Waals surface area contributed by atoms with Crippen molar-refractivity contribution in [2.75, 3.05) is 26.7 Å². The van der Waals surface area contributed by atoms with Crippen LogP contribution in [-0.4, -0.2) is 57.9 Å². The van der Waals surface area contributed by atoms with Gasteiger partial charge in [-0.25, -0.2) is 4.52 Å². The largest absolute Gasteiger partial charge is 0.343 e. The van der Waals surface area contributed by atoms with Crippen molar-refractivity contribution in [2.45, 2.75) is 13.3 Å². The maximum Gasteiger partial charge on any atom is 0.253 e. The lowest BCUT2D eigenvalue weighted by atomic mass is 10.0. The van der Waals surface area contributed by atoms with Gasteiger partial charge < -0.3 is 9.80 Å². The van der Waals surface area contributed by atoms with Crippen LogP contribution in [0.4, 0.5) is 0 Å². The minimum atomic E-state index is -0.0196. The highest BCUT2D eigenvalue weighted by molar-refractivity contribution is 5.95. The fourth-order valence-electron chi connectivity index (χ4n) is 3.92. The molecule has 0 unspecified atom stereocenters. The third-order valence-corrected chi connectivity index (χ3v) is 5.42. The fourth-order valence-corrected chi connectivity index (χ4v) is 3.92. The zero-order valence-corrected chi connectivity index (χ0v) is 16.2.